The number of methoxy groups -OCH3 is 1. The molecule has 1 heterocycles. The third-order valence-electron chi connectivity index (χ3n) is 8.33. The summed E-state index contributed by atoms with van der Waals surface area (Å²) in [5.74, 6) is -1.61. The summed E-state index contributed by atoms with van der Waals surface area (Å²) in [5.41, 5.74) is 4.35. The third-order valence-corrected chi connectivity index (χ3v) is 8.33. The van der Waals surface area contributed by atoms with Crippen molar-refractivity contribution in [2.45, 2.75) is 43.4 Å². The molecule has 1 aliphatic heterocycles. The number of alkyl carbamates (subject to hydrolysis) is 1. The molecule has 0 bridgehead atoms. The Morgan fingerprint density at radius 1 is 0.929 bits per heavy atom. The van der Waals surface area contributed by atoms with Crippen molar-refractivity contribution in [3.63, 3.8) is 0 Å². The molecule has 220 valence electrons. The van der Waals surface area contributed by atoms with Gasteiger partial charge < -0.3 is 25.2 Å². The minimum absolute atomic E-state index is 0.0491. The molecule has 0 radical (unpaired) electrons. The number of benzene rings is 3. The van der Waals surface area contributed by atoms with E-state index in [-0.39, 0.29) is 38.3 Å². The second-order valence-electron chi connectivity index (χ2n) is 10.9. The SMILES string of the molecule is COC(CCNC(=O)OCC1c2ccccc2-c2ccccc21)C(=O)NC1(C(=O)O)CCN(Cc2ccccc2)CC1. The van der Waals surface area contributed by atoms with Crippen LogP contribution < -0.4 is 10.6 Å². The first-order valence-corrected chi connectivity index (χ1v) is 14.3. The van der Waals surface area contributed by atoms with E-state index in [1.807, 2.05) is 54.6 Å². The van der Waals surface area contributed by atoms with E-state index < -0.39 is 29.6 Å². The highest BCUT2D eigenvalue weighted by atomic mass is 16.5. The maximum atomic E-state index is 13.1. The molecular weight excluding hydrogens is 534 g/mol. The molecular formula is C33H37N3O6. The minimum atomic E-state index is -1.36. The van der Waals surface area contributed by atoms with Gasteiger partial charge in [-0.1, -0.05) is 78.9 Å². The van der Waals surface area contributed by atoms with Gasteiger partial charge in [-0.15, -0.1) is 0 Å². The van der Waals surface area contributed by atoms with E-state index in [4.69, 9.17) is 9.47 Å². The van der Waals surface area contributed by atoms with Crippen LogP contribution in [0.3, 0.4) is 0 Å². The predicted molar refractivity (Wildman–Crippen MR) is 158 cm³/mol. The van der Waals surface area contributed by atoms with E-state index in [0.29, 0.717) is 13.1 Å². The van der Waals surface area contributed by atoms with Crippen LogP contribution in [0.5, 0.6) is 0 Å². The Balaban J connectivity index is 1.09. The Hall–Kier alpha value is -4.21. The van der Waals surface area contributed by atoms with Crippen molar-refractivity contribution in [3.05, 3.63) is 95.6 Å². The van der Waals surface area contributed by atoms with Crippen molar-refractivity contribution >= 4 is 18.0 Å². The zero-order chi connectivity index (χ0) is 29.5. The van der Waals surface area contributed by atoms with Crippen LogP contribution in [0, 0.1) is 0 Å². The van der Waals surface area contributed by atoms with Crippen molar-refractivity contribution in [2.24, 2.45) is 0 Å². The fraction of sp³-hybridized carbons (Fsp3) is 0.364. The predicted octanol–water partition coefficient (Wildman–Crippen LogP) is 4.17. The molecule has 3 aromatic rings. The summed E-state index contributed by atoms with van der Waals surface area (Å²) in [6, 6.07) is 26.2. The average Bonchev–Trinajstić information content (AvgIpc) is 3.33. The minimum Gasteiger partial charge on any atom is -0.480 e. The van der Waals surface area contributed by atoms with Gasteiger partial charge in [-0.2, -0.15) is 0 Å². The Morgan fingerprint density at radius 3 is 2.12 bits per heavy atom. The molecule has 1 atom stereocenters. The summed E-state index contributed by atoms with van der Waals surface area (Å²) in [5, 5.41) is 15.5. The van der Waals surface area contributed by atoms with Crippen LogP contribution >= 0.6 is 0 Å². The maximum Gasteiger partial charge on any atom is 0.407 e. The normalized spacial score (nSPS) is 16.6. The highest BCUT2D eigenvalue weighted by molar-refractivity contribution is 5.89. The standard InChI is InChI=1S/C33H37N3O6/c1-41-29(30(37)35-33(31(38)39)16-19-36(20-17-33)21-23-9-3-2-4-10-23)15-18-34-32(40)42-22-28-26-13-7-5-11-24(26)25-12-6-8-14-27(25)28/h2-14,28-29H,15-22H2,1H3,(H,34,40)(H,35,37)(H,38,39). The number of fused-ring (bicyclic) bond motifs is 3. The number of nitrogens with one attached hydrogen (secondary N) is 2. The summed E-state index contributed by atoms with van der Waals surface area (Å²) in [4.78, 5) is 40.1. The summed E-state index contributed by atoms with van der Waals surface area (Å²) in [7, 11) is 1.40. The molecule has 9 heteroatoms. The molecule has 1 saturated heterocycles. The van der Waals surface area contributed by atoms with Gasteiger partial charge in [0.05, 0.1) is 0 Å². The Bertz CT molecular complexity index is 1360. The van der Waals surface area contributed by atoms with Gasteiger partial charge in [0.1, 0.15) is 18.2 Å². The van der Waals surface area contributed by atoms with Crippen molar-refractivity contribution in [1.29, 1.82) is 0 Å². The summed E-state index contributed by atoms with van der Waals surface area (Å²) in [6.45, 7) is 2.14. The molecule has 3 aromatic carbocycles. The number of carbonyl (C=O) groups is 3. The summed E-state index contributed by atoms with van der Waals surface area (Å²) >= 11 is 0. The number of hydrogen-bond donors (Lipinski definition) is 3. The van der Waals surface area contributed by atoms with Gasteiger partial charge in [-0.3, -0.25) is 9.69 Å². The Kier molecular flexibility index (Phi) is 9.19. The Labute approximate surface area is 245 Å². The maximum absolute atomic E-state index is 13.1. The molecule has 2 amide bonds. The zero-order valence-electron chi connectivity index (χ0n) is 23.8. The lowest BCUT2D eigenvalue weighted by atomic mass is 9.87. The summed E-state index contributed by atoms with van der Waals surface area (Å²) < 4.78 is 10.9. The largest absolute Gasteiger partial charge is 0.480 e. The smallest absolute Gasteiger partial charge is 0.407 e. The fourth-order valence-corrected chi connectivity index (χ4v) is 5.95. The molecule has 0 aromatic heterocycles. The van der Waals surface area contributed by atoms with Gasteiger partial charge in [0.15, 0.2) is 0 Å². The van der Waals surface area contributed by atoms with Gasteiger partial charge in [-0.25, -0.2) is 9.59 Å². The first-order chi connectivity index (χ1) is 20.4. The molecule has 0 spiro atoms. The Morgan fingerprint density at radius 2 is 1.52 bits per heavy atom. The van der Waals surface area contributed by atoms with E-state index in [2.05, 4.69) is 39.8 Å². The number of nitrogens with zero attached hydrogens (tertiary/aromatic N) is 1. The van der Waals surface area contributed by atoms with Crippen LogP contribution in [0.15, 0.2) is 78.9 Å². The highest BCUT2D eigenvalue weighted by Crippen LogP contribution is 2.44. The number of aliphatic carboxylic acids is 1. The van der Waals surface area contributed by atoms with Gasteiger partial charge >= 0.3 is 12.1 Å². The topological polar surface area (TPSA) is 117 Å². The van der Waals surface area contributed by atoms with Crippen LogP contribution in [0.25, 0.3) is 11.1 Å². The van der Waals surface area contributed by atoms with Crippen LogP contribution in [-0.2, 0) is 25.6 Å². The highest BCUT2D eigenvalue weighted by Gasteiger charge is 2.44. The number of ether oxygens (including phenoxy) is 2. The molecule has 9 nitrogen and oxygen atoms in total. The van der Waals surface area contributed by atoms with Gasteiger partial charge in [-0.05, 0) is 40.7 Å². The number of piperidine rings is 1. The molecule has 1 aliphatic carbocycles. The molecule has 5 rings (SSSR count). The lowest BCUT2D eigenvalue weighted by molar-refractivity contribution is -0.152. The second kappa shape index (κ2) is 13.2. The average molecular weight is 572 g/mol. The van der Waals surface area contributed by atoms with Crippen molar-refractivity contribution in [1.82, 2.24) is 15.5 Å². The van der Waals surface area contributed by atoms with Crippen molar-refractivity contribution in [2.75, 3.05) is 33.4 Å². The molecule has 2 aliphatic rings. The molecule has 1 unspecified atom stereocenters. The third kappa shape index (κ3) is 6.48. The molecule has 0 saturated carbocycles. The lowest BCUT2D eigenvalue weighted by Gasteiger charge is -2.39. The molecule has 42 heavy (non-hydrogen) atoms. The first kappa shape index (κ1) is 29.3. The monoisotopic (exact) mass is 571 g/mol. The fourth-order valence-electron chi connectivity index (χ4n) is 5.95. The molecule has 3 N–H and O–H groups in total. The zero-order valence-corrected chi connectivity index (χ0v) is 23.8. The van der Waals surface area contributed by atoms with Gasteiger partial charge in [0.25, 0.3) is 0 Å². The van der Waals surface area contributed by atoms with Crippen molar-refractivity contribution < 1.29 is 29.0 Å². The lowest BCUT2D eigenvalue weighted by Crippen LogP contribution is -2.61. The van der Waals surface area contributed by atoms with Crippen LogP contribution in [-0.4, -0.2) is 73.0 Å². The second-order valence-corrected chi connectivity index (χ2v) is 10.9. The number of carboxylic acid groups (broad SMARTS) is 1. The number of rotatable bonds is 11. The van der Waals surface area contributed by atoms with Crippen LogP contribution in [0.1, 0.15) is 41.9 Å². The van der Waals surface area contributed by atoms with Crippen molar-refractivity contribution in [3.8, 4) is 11.1 Å². The van der Waals surface area contributed by atoms with E-state index in [0.717, 1.165) is 34.4 Å². The van der Waals surface area contributed by atoms with Crippen LogP contribution in [0.4, 0.5) is 4.79 Å². The number of amides is 2. The van der Waals surface area contributed by atoms with Gasteiger partial charge in [0, 0.05) is 45.6 Å². The van der Waals surface area contributed by atoms with Gasteiger partial charge in [0.2, 0.25) is 5.91 Å². The first-order valence-electron chi connectivity index (χ1n) is 14.3. The van der Waals surface area contributed by atoms with E-state index in [1.54, 1.807) is 0 Å². The number of carboxylic acids is 1. The van der Waals surface area contributed by atoms with E-state index in [9.17, 15) is 19.5 Å². The number of likely N-dealkylation sites (tertiary alicyclic amines) is 1. The molecule has 1 fully saturated rings. The van der Waals surface area contributed by atoms with E-state index in [1.165, 1.54) is 7.11 Å². The quantitative estimate of drug-likeness (QED) is 0.316. The number of hydrogen-bond acceptors (Lipinski definition) is 6. The van der Waals surface area contributed by atoms with Crippen LogP contribution in [0.2, 0.25) is 0 Å². The summed E-state index contributed by atoms with van der Waals surface area (Å²) in [6.07, 6.45) is -0.759. The van der Waals surface area contributed by atoms with E-state index >= 15 is 0 Å². The number of carbonyl (C=O) groups excluding carboxylic acids is 2.